The van der Waals surface area contributed by atoms with Gasteiger partial charge in [-0.2, -0.15) is 0 Å². The summed E-state index contributed by atoms with van der Waals surface area (Å²) in [7, 11) is 0. The number of aryl methyl sites for hydroxylation is 2. The number of carbonyl (C=O) groups is 2. The quantitative estimate of drug-likeness (QED) is 0.0404. The summed E-state index contributed by atoms with van der Waals surface area (Å²) in [4.78, 5) is 25.3. The highest BCUT2D eigenvalue weighted by Crippen LogP contribution is 2.14. The zero-order chi connectivity index (χ0) is 37.2. The largest absolute Gasteiger partial charge is 0.458 e. The number of nitrogens with zero attached hydrogens (tertiary/aromatic N) is 2. The second-order valence-corrected chi connectivity index (χ2v) is 15.1. The van der Waals surface area contributed by atoms with Gasteiger partial charge >= 0.3 is 11.9 Å². The Bertz CT molecular complexity index is 1060. The van der Waals surface area contributed by atoms with Crippen molar-refractivity contribution in [3.8, 4) is 0 Å². The second-order valence-electron chi connectivity index (χ2n) is 15.1. The summed E-state index contributed by atoms with van der Waals surface area (Å²) in [5.41, 5.74) is 1.04. The molecule has 2 rings (SSSR count). The van der Waals surface area contributed by atoms with Crippen LogP contribution in [0.4, 0.5) is 0 Å². The van der Waals surface area contributed by atoms with Gasteiger partial charge in [0, 0.05) is 25.0 Å². The van der Waals surface area contributed by atoms with Crippen molar-refractivity contribution in [1.82, 2.24) is 0 Å². The molecule has 6 nitrogen and oxygen atoms in total. The van der Waals surface area contributed by atoms with Gasteiger partial charge in [-0.15, -0.1) is 0 Å². The van der Waals surface area contributed by atoms with E-state index < -0.39 is 11.9 Å². The highest BCUT2D eigenvalue weighted by molar-refractivity contribution is 5.89. The molecule has 0 aromatic carbocycles. The Kier molecular flexibility index (Phi) is 28.7. The van der Waals surface area contributed by atoms with Gasteiger partial charge in [0.1, 0.15) is 37.4 Å². The summed E-state index contributed by atoms with van der Waals surface area (Å²) >= 11 is 0. The van der Waals surface area contributed by atoms with Crippen LogP contribution in [0.5, 0.6) is 0 Å². The van der Waals surface area contributed by atoms with Crippen LogP contribution < -0.4 is 9.13 Å². The molecule has 294 valence electrons. The molecule has 0 saturated carbocycles. The Labute approximate surface area is 319 Å². The zero-order valence-corrected chi connectivity index (χ0v) is 33.8. The molecular weight excluding hydrogens is 645 g/mol. The number of aromatic nitrogens is 2. The van der Waals surface area contributed by atoms with Gasteiger partial charge in [0.2, 0.25) is 0 Å². The van der Waals surface area contributed by atoms with Crippen LogP contribution in [0.15, 0.2) is 49.1 Å². The highest BCUT2D eigenvalue weighted by atomic mass is 16.6. The van der Waals surface area contributed by atoms with E-state index in [4.69, 9.17) is 9.47 Å². The summed E-state index contributed by atoms with van der Waals surface area (Å²) in [6.45, 7) is 6.41. The summed E-state index contributed by atoms with van der Waals surface area (Å²) in [5, 5.41) is 0. The SMILES string of the molecule is CCCCCCCCCCCCCCCC[n+]1cccc(C(=O)OCCOC(=O)c2ccc[n+](CCCCCCCCCCCCCCCC)c2)c1. The number of hydrogen-bond acceptors (Lipinski definition) is 4. The maximum absolute atomic E-state index is 12.7. The lowest BCUT2D eigenvalue weighted by Gasteiger charge is -2.06. The van der Waals surface area contributed by atoms with Crippen molar-refractivity contribution in [3.63, 3.8) is 0 Å². The fourth-order valence-electron chi connectivity index (χ4n) is 6.98. The van der Waals surface area contributed by atoms with Crippen molar-refractivity contribution < 1.29 is 28.2 Å². The molecule has 0 fully saturated rings. The van der Waals surface area contributed by atoms with Crippen molar-refractivity contribution in [3.05, 3.63) is 60.2 Å². The molecule has 0 spiro atoms. The molecule has 2 aromatic rings. The summed E-state index contributed by atoms with van der Waals surface area (Å²) in [6, 6.07) is 7.33. The lowest BCUT2D eigenvalue weighted by molar-refractivity contribution is -0.697. The van der Waals surface area contributed by atoms with E-state index in [9.17, 15) is 9.59 Å². The molecule has 2 aromatic heterocycles. The Hall–Kier alpha value is -2.76. The van der Waals surface area contributed by atoms with Crippen molar-refractivity contribution >= 4 is 11.9 Å². The van der Waals surface area contributed by atoms with Crippen LogP contribution in [-0.2, 0) is 22.6 Å². The third kappa shape index (κ3) is 24.5. The van der Waals surface area contributed by atoms with Crippen LogP contribution in [0.3, 0.4) is 0 Å². The lowest BCUT2D eigenvalue weighted by Crippen LogP contribution is -2.34. The Morgan fingerprint density at radius 2 is 0.692 bits per heavy atom. The molecule has 2 heterocycles. The van der Waals surface area contributed by atoms with E-state index in [-0.39, 0.29) is 13.2 Å². The monoisotopic (exact) mass is 723 g/mol. The van der Waals surface area contributed by atoms with Crippen molar-refractivity contribution in [2.24, 2.45) is 0 Å². The molecule has 0 N–H and O–H groups in total. The van der Waals surface area contributed by atoms with Gasteiger partial charge in [-0.25, -0.2) is 18.7 Å². The standard InChI is InChI=1S/C46H78N2O4/c1-3-5-7-9-11-13-15-17-19-21-23-25-27-29-35-47-37-31-33-43(41-47)45(49)51-39-40-52-46(50)44-34-32-38-48(42-44)36-30-28-26-24-22-20-18-16-14-12-10-8-6-4-2/h31-34,37-38,41-42H,3-30,35-36,39-40H2,1-2H3/q+2. The molecule has 0 bridgehead atoms. The van der Waals surface area contributed by atoms with Crippen LogP contribution in [0.1, 0.15) is 214 Å². The van der Waals surface area contributed by atoms with Crippen LogP contribution >= 0.6 is 0 Å². The molecular formula is C46H78N2O4+2. The van der Waals surface area contributed by atoms with Crippen molar-refractivity contribution in [2.45, 2.75) is 207 Å². The first-order chi connectivity index (χ1) is 25.6. The van der Waals surface area contributed by atoms with Crippen molar-refractivity contribution in [1.29, 1.82) is 0 Å². The number of pyridine rings is 2. The summed E-state index contributed by atoms with van der Waals surface area (Å²) < 4.78 is 15.0. The van der Waals surface area contributed by atoms with E-state index in [0.29, 0.717) is 11.1 Å². The highest BCUT2D eigenvalue weighted by Gasteiger charge is 2.15. The Balaban J connectivity index is 1.49. The molecule has 0 amide bonds. The molecule has 0 radical (unpaired) electrons. The van der Waals surface area contributed by atoms with E-state index >= 15 is 0 Å². The topological polar surface area (TPSA) is 60.4 Å². The maximum atomic E-state index is 12.7. The van der Waals surface area contributed by atoms with Gasteiger partial charge < -0.3 is 9.47 Å². The summed E-state index contributed by atoms with van der Waals surface area (Å²) in [5.74, 6) is -0.783. The molecule has 52 heavy (non-hydrogen) atoms. The number of unbranched alkanes of at least 4 members (excludes halogenated alkanes) is 26. The van der Waals surface area contributed by atoms with Gasteiger partial charge in [0.15, 0.2) is 24.8 Å². The van der Waals surface area contributed by atoms with Gasteiger partial charge in [-0.1, -0.05) is 168 Å². The average Bonchev–Trinajstić information content (AvgIpc) is 3.16. The first kappa shape index (κ1) is 45.4. The first-order valence-corrected chi connectivity index (χ1v) is 22.0. The average molecular weight is 723 g/mol. The number of rotatable bonds is 35. The molecule has 0 unspecified atom stereocenters. The Morgan fingerprint density at radius 3 is 0.981 bits per heavy atom. The third-order valence-electron chi connectivity index (χ3n) is 10.3. The zero-order valence-electron chi connectivity index (χ0n) is 33.8. The van der Waals surface area contributed by atoms with Gasteiger partial charge in [-0.05, 0) is 25.0 Å². The van der Waals surface area contributed by atoms with Crippen LogP contribution in [0.25, 0.3) is 0 Å². The van der Waals surface area contributed by atoms with E-state index in [1.54, 1.807) is 12.1 Å². The van der Waals surface area contributed by atoms with Gasteiger partial charge in [-0.3, -0.25) is 0 Å². The smallest absolute Gasteiger partial charge is 0.344 e. The number of carbonyl (C=O) groups excluding carboxylic acids is 2. The van der Waals surface area contributed by atoms with E-state index in [2.05, 4.69) is 23.0 Å². The minimum absolute atomic E-state index is 0.0321. The number of ether oxygens (including phenoxy) is 2. The molecule has 0 atom stereocenters. The van der Waals surface area contributed by atoms with Crippen molar-refractivity contribution in [2.75, 3.05) is 13.2 Å². The molecule has 0 saturated heterocycles. The second kappa shape index (κ2) is 32.9. The van der Waals surface area contributed by atoms with Crippen LogP contribution in [0, 0.1) is 0 Å². The molecule has 0 aliphatic rings. The minimum Gasteiger partial charge on any atom is -0.458 e. The molecule has 0 aliphatic heterocycles. The maximum Gasteiger partial charge on any atom is 0.344 e. The van der Waals surface area contributed by atoms with E-state index in [0.717, 1.165) is 25.9 Å². The van der Waals surface area contributed by atoms with E-state index in [1.165, 1.54) is 167 Å². The van der Waals surface area contributed by atoms with Crippen LogP contribution in [-0.4, -0.2) is 25.2 Å². The Morgan fingerprint density at radius 1 is 0.423 bits per heavy atom. The normalized spacial score (nSPS) is 11.2. The number of esters is 2. The van der Waals surface area contributed by atoms with Gasteiger partial charge in [0.25, 0.3) is 0 Å². The first-order valence-electron chi connectivity index (χ1n) is 22.0. The molecule has 6 heteroatoms. The molecule has 0 aliphatic carbocycles. The minimum atomic E-state index is -0.392. The predicted molar refractivity (Wildman–Crippen MR) is 214 cm³/mol. The summed E-state index contributed by atoms with van der Waals surface area (Å²) in [6.07, 6.45) is 45.4. The lowest BCUT2D eigenvalue weighted by atomic mass is 10.0. The third-order valence-corrected chi connectivity index (χ3v) is 10.3. The van der Waals surface area contributed by atoms with Crippen LogP contribution in [0.2, 0.25) is 0 Å². The predicted octanol–water partition coefficient (Wildman–Crippen LogP) is 12.2. The fraction of sp³-hybridized carbons (Fsp3) is 0.739. The van der Waals surface area contributed by atoms with E-state index in [1.807, 2.05) is 36.9 Å². The fourth-order valence-corrected chi connectivity index (χ4v) is 6.98. The van der Waals surface area contributed by atoms with Gasteiger partial charge in [0.05, 0.1) is 0 Å². The number of hydrogen-bond donors (Lipinski definition) is 0.